The Bertz CT molecular complexity index is 610. The van der Waals surface area contributed by atoms with E-state index in [0.29, 0.717) is 30.1 Å². The zero-order valence-electron chi connectivity index (χ0n) is 12.8. The highest BCUT2D eigenvalue weighted by atomic mass is 19.1. The molecule has 0 aliphatic heterocycles. The van der Waals surface area contributed by atoms with Gasteiger partial charge in [-0.1, -0.05) is 18.5 Å². The summed E-state index contributed by atoms with van der Waals surface area (Å²) in [5, 5.41) is 6.77. The van der Waals surface area contributed by atoms with Crippen LogP contribution in [0, 0.1) is 5.82 Å². The number of aromatic nitrogens is 2. The zero-order valence-corrected chi connectivity index (χ0v) is 12.8. The predicted octanol–water partition coefficient (Wildman–Crippen LogP) is 3.11. The normalized spacial score (nSPS) is 12.1. The van der Waals surface area contributed by atoms with Gasteiger partial charge in [-0.25, -0.2) is 4.39 Å². The Morgan fingerprint density at radius 3 is 2.77 bits per heavy atom. The monoisotopic (exact) mass is 305 g/mol. The molecule has 1 amide bonds. The molecule has 22 heavy (non-hydrogen) atoms. The average molecular weight is 305 g/mol. The fraction of sp³-hybridized carbons (Fsp3) is 0.438. The molecule has 0 aliphatic rings. The van der Waals surface area contributed by atoms with Crippen molar-refractivity contribution in [3.05, 3.63) is 36.0 Å². The summed E-state index contributed by atoms with van der Waals surface area (Å²) in [5.74, 6) is 0.459. The van der Waals surface area contributed by atoms with E-state index in [9.17, 15) is 9.18 Å². The lowest BCUT2D eigenvalue weighted by atomic mass is 10.2. The van der Waals surface area contributed by atoms with Crippen molar-refractivity contribution in [3.63, 3.8) is 0 Å². The van der Waals surface area contributed by atoms with Crippen LogP contribution >= 0.6 is 0 Å². The van der Waals surface area contributed by atoms with Gasteiger partial charge in [-0.3, -0.25) is 4.79 Å². The van der Waals surface area contributed by atoms with E-state index in [4.69, 9.17) is 4.52 Å². The van der Waals surface area contributed by atoms with Crippen LogP contribution in [0.5, 0.6) is 0 Å². The highest BCUT2D eigenvalue weighted by molar-refractivity contribution is 5.76. The largest absolute Gasteiger partial charge is 0.354 e. The molecule has 118 valence electrons. The van der Waals surface area contributed by atoms with Crippen LogP contribution in [0.2, 0.25) is 0 Å². The fourth-order valence-corrected chi connectivity index (χ4v) is 2.15. The maximum Gasteiger partial charge on any atom is 0.227 e. The van der Waals surface area contributed by atoms with E-state index in [0.717, 1.165) is 12.8 Å². The van der Waals surface area contributed by atoms with Crippen LogP contribution in [0.15, 0.2) is 28.8 Å². The number of carbonyl (C=O) groups excluding carboxylic acids is 1. The van der Waals surface area contributed by atoms with Gasteiger partial charge in [0.25, 0.3) is 0 Å². The van der Waals surface area contributed by atoms with Crippen LogP contribution in [-0.4, -0.2) is 22.1 Å². The summed E-state index contributed by atoms with van der Waals surface area (Å²) < 4.78 is 18.0. The molecule has 0 saturated heterocycles. The summed E-state index contributed by atoms with van der Waals surface area (Å²) >= 11 is 0. The van der Waals surface area contributed by atoms with Gasteiger partial charge in [-0.15, -0.1) is 0 Å². The second-order valence-electron chi connectivity index (χ2n) is 5.28. The molecule has 0 spiro atoms. The van der Waals surface area contributed by atoms with E-state index in [1.807, 2.05) is 6.92 Å². The topological polar surface area (TPSA) is 68.0 Å². The van der Waals surface area contributed by atoms with Crippen LogP contribution in [-0.2, 0) is 11.2 Å². The first-order chi connectivity index (χ1) is 10.6. The number of aryl methyl sites for hydroxylation is 1. The van der Waals surface area contributed by atoms with E-state index in [1.54, 1.807) is 12.1 Å². The van der Waals surface area contributed by atoms with Crippen molar-refractivity contribution in [3.8, 4) is 11.4 Å². The summed E-state index contributed by atoms with van der Waals surface area (Å²) in [4.78, 5) is 16.0. The lowest BCUT2D eigenvalue weighted by Crippen LogP contribution is -2.32. The minimum Gasteiger partial charge on any atom is -0.354 e. The first kappa shape index (κ1) is 16.1. The number of nitrogens with zero attached hydrogens (tertiary/aromatic N) is 2. The molecule has 1 aromatic heterocycles. The molecule has 1 N–H and O–H groups in total. The Hall–Kier alpha value is -2.24. The highest BCUT2D eigenvalue weighted by Crippen LogP contribution is 2.16. The Kier molecular flexibility index (Phi) is 5.63. The first-order valence-corrected chi connectivity index (χ1v) is 7.46. The van der Waals surface area contributed by atoms with Crippen LogP contribution in [0.1, 0.15) is 39.0 Å². The molecule has 2 aromatic rings. The van der Waals surface area contributed by atoms with Gasteiger partial charge in [0, 0.05) is 24.4 Å². The fourth-order valence-electron chi connectivity index (χ4n) is 2.15. The molecule has 1 aromatic carbocycles. The van der Waals surface area contributed by atoms with Crippen LogP contribution < -0.4 is 5.32 Å². The van der Waals surface area contributed by atoms with Crippen molar-refractivity contribution in [2.75, 3.05) is 0 Å². The van der Waals surface area contributed by atoms with Gasteiger partial charge >= 0.3 is 0 Å². The van der Waals surface area contributed by atoms with E-state index in [-0.39, 0.29) is 17.8 Å². The molecule has 5 nitrogen and oxygen atoms in total. The van der Waals surface area contributed by atoms with Gasteiger partial charge < -0.3 is 9.84 Å². The number of halogens is 1. The highest BCUT2D eigenvalue weighted by Gasteiger charge is 2.12. The van der Waals surface area contributed by atoms with E-state index < -0.39 is 0 Å². The molecule has 2 rings (SSSR count). The van der Waals surface area contributed by atoms with Gasteiger partial charge in [0.1, 0.15) is 5.82 Å². The predicted molar refractivity (Wildman–Crippen MR) is 80.5 cm³/mol. The van der Waals surface area contributed by atoms with Crippen LogP contribution in [0.4, 0.5) is 4.39 Å². The number of carbonyl (C=O) groups is 1. The molecular formula is C16H20FN3O2. The molecule has 6 heteroatoms. The van der Waals surface area contributed by atoms with Crippen molar-refractivity contribution in [1.29, 1.82) is 0 Å². The second kappa shape index (κ2) is 7.68. The van der Waals surface area contributed by atoms with Gasteiger partial charge in [-0.2, -0.15) is 4.98 Å². The van der Waals surface area contributed by atoms with Crippen LogP contribution in [0.3, 0.4) is 0 Å². The first-order valence-electron chi connectivity index (χ1n) is 7.46. The molecule has 0 bridgehead atoms. The summed E-state index contributed by atoms with van der Waals surface area (Å²) in [7, 11) is 0. The quantitative estimate of drug-likeness (QED) is 0.853. The third kappa shape index (κ3) is 4.65. The lowest BCUT2D eigenvalue weighted by molar-refractivity contribution is -0.121. The van der Waals surface area contributed by atoms with Gasteiger partial charge in [-0.05, 0) is 37.6 Å². The van der Waals surface area contributed by atoms with Gasteiger partial charge in [0.05, 0.1) is 0 Å². The SMILES string of the molecule is CCC[C@H](C)NC(=O)CCc1nc(-c2ccc(F)cc2)no1. The summed E-state index contributed by atoms with van der Waals surface area (Å²) in [6.07, 6.45) is 2.69. The molecule has 0 aliphatic carbocycles. The van der Waals surface area contributed by atoms with Gasteiger partial charge in [0.2, 0.25) is 17.6 Å². The standard InChI is InChI=1S/C16H20FN3O2/c1-3-4-11(2)18-14(21)9-10-15-19-16(20-22-15)12-5-7-13(17)8-6-12/h5-8,11H,3-4,9-10H2,1-2H3,(H,18,21)/t11-/m0/s1. The van der Waals surface area contributed by atoms with Crippen molar-refractivity contribution in [2.45, 2.75) is 45.6 Å². The van der Waals surface area contributed by atoms with Gasteiger partial charge in [0.15, 0.2) is 0 Å². The molecule has 0 unspecified atom stereocenters. The molecule has 0 saturated carbocycles. The Balaban J connectivity index is 1.87. The number of rotatable bonds is 7. The molecule has 0 fully saturated rings. The number of hydrogen-bond donors (Lipinski definition) is 1. The number of nitrogens with one attached hydrogen (secondary N) is 1. The van der Waals surface area contributed by atoms with Crippen molar-refractivity contribution in [1.82, 2.24) is 15.5 Å². The third-order valence-corrected chi connectivity index (χ3v) is 3.27. The zero-order chi connectivity index (χ0) is 15.9. The summed E-state index contributed by atoms with van der Waals surface area (Å²) in [5.41, 5.74) is 0.678. The third-order valence-electron chi connectivity index (χ3n) is 3.27. The number of amides is 1. The second-order valence-corrected chi connectivity index (χ2v) is 5.28. The maximum atomic E-state index is 12.9. The lowest BCUT2D eigenvalue weighted by Gasteiger charge is -2.11. The van der Waals surface area contributed by atoms with E-state index >= 15 is 0 Å². The summed E-state index contributed by atoms with van der Waals surface area (Å²) in [6, 6.07) is 6.03. The number of benzene rings is 1. The molecule has 0 radical (unpaired) electrons. The molecule has 1 heterocycles. The van der Waals surface area contributed by atoms with Crippen molar-refractivity contribution >= 4 is 5.91 Å². The Morgan fingerprint density at radius 2 is 2.09 bits per heavy atom. The van der Waals surface area contributed by atoms with Crippen molar-refractivity contribution < 1.29 is 13.7 Å². The molecule has 1 atom stereocenters. The minimum atomic E-state index is -0.315. The van der Waals surface area contributed by atoms with E-state index in [1.165, 1.54) is 12.1 Å². The maximum absolute atomic E-state index is 12.9. The van der Waals surface area contributed by atoms with Crippen molar-refractivity contribution in [2.24, 2.45) is 0 Å². The smallest absolute Gasteiger partial charge is 0.227 e. The summed E-state index contributed by atoms with van der Waals surface area (Å²) in [6.45, 7) is 4.07. The Morgan fingerprint density at radius 1 is 1.36 bits per heavy atom. The van der Waals surface area contributed by atoms with E-state index in [2.05, 4.69) is 22.4 Å². The Labute approximate surface area is 128 Å². The average Bonchev–Trinajstić information content (AvgIpc) is 2.95. The van der Waals surface area contributed by atoms with Crippen LogP contribution in [0.25, 0.3) is 11.4 Å². The minimum absolute atomic E-state index is 0.0255. The number of hydrogen-bond acceptors (Lipinski definition) is 4. The molecular weight excluding hydrogens is 285 g/mol.